The second-order valence-electron chi connectivity index (χ2n) is 5.84. The third-order valence-electron chi connectivity index (χ3n) is 3.62. The molecular formula is C17H25INO3+. The van der Waals surface area contributed by atoms with E-state index < -0.39 is 0 Å². The number of rotatable bonds is 9. The quantitative estimate of drug-likeness (QED) is 0.203. The van der Waals surface area contributed by atoms with E-state index in [1.807, 2.05) is 0 Å². The molecule has 1 aromatic carbocycles. The number of benzene rings is 1. The van der Waals surface area contributed by atoms with Crippen molar-refractivity contribution in [3.05, 3.63) is 35.9 Å². The topological polar surface area (TPSA) is 30.7 Å². The molecule has 0 amide bonds. The number of alkyl halides is 1. The lowest BCUT2D eigenvalue weighted by molar-refractivity contribution is -0.541. The SMILES string of the molecule is COCOCCCC1=[N+](Cc2ccccc2)CC(C)(CI)O1. The van der Waals surface area contributed by atoms with Crippen LogP contribution >= 0.6 is 22.6 Å². The summed E-state index contributed by atoms with van der Waals surface area (Å²) in [7, 11) is 1.64. The second kappa shape index (κ2) is 8.84. The van der Waals surface area contributed by atoms with Crippen LogP contribution in [0.4, 0.5) is 0 Å². The van der Waals surface area contributed by atoms with Gasteiger partial charge in [-0.25, -0.2) is 0 Å². The number of nitrogens with zero attached hydrogens (tertiary/aromatic N) is 1. The van der Waals surface area contributed by atoms with Crippen molar-refractivity contribution in [2.24, 2.45) is 0 Å². The summed E-state index contributed by atoms with van der Waals surface area (Å²) in [6, 6.07) is 10.6. The van der Waals surface area contributed by atoms with Crippen LogP contribution in [0.3, 0.4) is 0 Å². The molecule has 0 aliphatic carbocycles. The van der Waals surface area contributed by atoms with Gasteiger partial charge in [0, 0.05) is 17.1 Å². The Balaban J connectivity index is 1.97. The highest BCUT2D eigenvalue weighted by molar-refractivity contribution is 14.1. The molecule has 1 aliphatic heterocycles. The largest absolute Gasteiger partial charge is 0.434 e. The summed E-state index contributed by atoms with van der Waals surface area (Å²) < 4.78 is 19.8. The first-order chi connectivity index (χ1) is 10.7. The van der Waals surface area contributed by atoms with Gasteiger partial charge in [0.1, 0.15) is 6.79 Å². The van der Waals surface area contributed by atoms with Crippen molar-refractivity contribution in [3.8, 4) is 0 Å². The average Bonchev–Trinajstić information content (AvgIpc) is 2.85. The van der Waals surface area contributed by atoms with E-state index in [1.165, 1.54) is 5.56 Å². The van der Waals surface area contributed by atoms with Crippen LogP contribution in [-0.2, 0) is 20.8 Å². The third kappa shape index (κ3) is 5.21. The van der Waals surface area contributed by atoms with E-state index in [1.54, 1.807) is 7.11 Å². The molecule has 0 saturated heterocycles. The Kier molecular flexibility index (Phi) is 7.11. The van der Waals surface area contributed by atoms with E-state index in [0.29, 0.717) is 13.4 Å². The molecule has 4 nitrogen and oxygen atoms in total. The predicted molar refractivity (Wildman–Crippen MR) is 95.7 cm³/mol. The van der Waals surface area contributed by atoms with Gasteiger partial charge in [0.25, 0.3) is 0 Å². The Morgan fingerprint density at radius 3 is 2.77 bits per heavy atom. The van der Waals surface area contributed by atoms with Crippen molar-refractivity contribution in [2.45, 2.75) is 31.9 Å². The van der Waals surface area contributed by atoms with Gasteiger partial charge in [-0.2, -0.15) is 4.58 Å². The Bertz CT molecular complexity index is 492. The first-order valence-electron chi connectivity index (χ1n) is 7.63. The summed E-state index contributed by atoms with van der Waals surface area (Å²) in [6.07, 6.45) is 1.85. The fourth-order valence-corrected chi connectivity index (χ4v) is 2.96. The number of methoxy groups -OCH3 is 1. The number of hydrogen-bond acceptors (Lipinski definition) is 3. The first-order valence-corrected chi connectivity index (χ1v) is 9.16. The molecule has 1 aromatic rings. The summed E-state index contributed by atoms with van der Waals surface area (Å²) in [5, 5.41) is 0. The molecular weight excluding hydrogens is 393 g/mol. The normalized spacial score (nSPS) is 21.2. The smallest absolute Gasteiger partial charge is 0.337 e. The summed E-state index contributed by atoms with van der Waals surface area (Å²) in [4.78, 5) is 0. The highest BCUT2D eigenvalue weighted by Gasteiger charge is 2.41. The molecule has 5 heteroatoms. The highest BCUT2D eigenvalue weighted by Crippen LogP contribution is 2.23. The average molecular weight is 418 g/mol. The lowest BCUT2D eigenvalue weighted by Crippen LogP contribution is -2.33. The highest BCUT2D eigenvalue weighted by atomic mass is 127. The van der Waals surface area contributed by atoms with E-state index in [9.17, 15) is 0 Å². The maximum Gasteiger partial charge on any atom is 0.337 e. The van der Waals surface area contributed by atoms with Crippen LogP contribution in [0.5, 0.6) is 0 Å². The van der Waals surface area contributed by atoms with E-state index in [0.717, 1.165) is 36.3 Å². The van der Waals surface area contributed by atoms with E-state index in [2.05, 4.69) is 64.4 Å². The molecule has 0 N–H and O–H groups in total. The van der Waals surface area contributed by atoms with Gasteiger partial charge >= 0.3 is 5.90 Å². The second-order valence-corrected chi connectivity index (χ2v) is 6.60. The molecule has 22 heavy (non-hydrogen) atoms. The zero-order chi connectivity index (χ0) is 15.8. The third-order valence-corrected chi connectivity index (χ3v) is 5.24. The van der Waals surface area contributed by atoms with Crippen molar-refractivity contribution in [1.29, 1.82) is 0 Å². The van der Waals surface area contributed by atoms with Crippen molar-refractivity contribution in [2.75, 3.05) is 31.5 Å². The van der Waals surface area contributed by atoms with Crippen LogP contribution in [0, 0.1) is 0 Å². The molecule has 1 atom stereocenters. The summed E-state index contributed by atoms with van der Waals surface area (Å²) in [5.41, 5.74) is 1.23. The number of halogens is 1. The van der Waals surface area contributed by atoms with Gasteiger partial charge in [-0.3, -0.25) is 0 Å². The van der Waals surface area contributed by atoms with Crippen LogP contribution in [-0.4, -0.2) is 47.6 Å². The maximum absolute atomic E-state index is 6.24. The minimum absolute atomic E-state index is 0.0853. The van der Waals surface area contributed by atoms with Gasteiger partial charge in [0.15, 0.2) is 18.7 Å². The Morgan fingerprint density at radius 2 is 2.09 bits per heavy atom. The van der Waals surface area contributed by atoms with E-state index in [-0.39, 0.29) is 5.60 Å². The Morgan fingerprint density at radius 1 is 1.32 bits per heavy atom. The molecule has 2 rings (SSSR count). The van der Waals surface area contributed by atoms with Crippen LogP contribution in [0.1, 0.15) is 25.3 Å². The summed E-state index contributed by atoms with van der Waals surface area (Å²) >= 11 is 2.41. The van der Waals surface area contributed by atoms with Gasteiger partial charge in [0.05, 0.1) is 13.0 Å². The molecule has 0 saturated carbocycles. The maximum atomic E-state index is 6.24. The van der Waals surface area contributed by atoms with Gasteiger partial charge in [0.2, 0.25) is 0 Å². The molecule has 0 aromatic heterocycles. The van der Waals surface area contributed by atoms with Gasteiger partial charge < -0.3 is 14.2 Å². The number of ether oxygens (including phenoxy) is 3. The number of hydrogen-bond donors (Lipinski definition) is 0. The fourth-order valence-electron chi connectivity index (χ4n) is 2.57. The fraction of sp³-hybridized carbons (Fsp3) is 0.588. The molecule has 0 fully saturated rings. The van der Waals surface area contributed by atoms with Crippen LogP contribution in [0.25, 0.3) is 0 Å². The zero-order valence-corrected chi connectivity index (χ0v) is 15.5. The Labute approximate surface area is 146 Å². The van der Waals surface area contributed by atoms with Crippen molar-refractivity contribution in [3.63, 3.8) is 0 Å². The molecule has 0 spiro atoms. The van der Waals surface area contributed by atoms with Crippen LogP contribution in [0.2, 0.25) is 0 Å². The van der Waals surface area contributed by atoms with Gasteiger partial charge in [-0.05, 0) is 13.3 Å². The molecule has 1 unspecified atom stereocenters. The van der Waals surface area contributed by atoms with Crippen LogP contribution in [0.15, 0.2) is 30.3 Å². The molecule has 0 bridgehead atoms. The van der Waals surface area contributed by atoms with Crippen molar-refractivity contribution < 1.29 is 18.8 Å². The lowest BCUT2D eigenvalue weighted by atomic mass is 10.1. The lowest BCUT2D eigenvalue weighted by Gasteiger charge is -2.16. The Hall–Kier alpha value is -0.660. The standard InChI is InChI=1S/C17H25INO3/c1-17(12-18)13-19(11-15-7-4-3-5-8-15)16(22-17)9-6-10-21-14-20-2/h3-5,7-8H,6,9-14H2,1-2H3/q+1. The molecule has 1 heterocycles. The van der Waals surface area contributed by atoms with E-state index >= 15 is 0 Å². The minimum atomic E-state index is -0.0853. The van der Waals surface area contributed by atoms with Gasteiger partial charge in [-0.1, -0.05) is 52.9 Å². The summed E-state index contributed by atoms with van der Waals surface area (Å²) in [6.45, 7) is 5.09. The predicted octanol–water partition coefficient (Wildman–Crippen LogP) is 3.22. The molecule has 0 radical (unpaired) electrons. The molecule has 1 aliphatic rings. The minimum Gasteiger partial charge on any atom is -0.434 e. The van der Waals surface area contributed by atoms with Crippen molar-refractivity contribution >= 4 is 28.5 Å². The van der Waals surface area contributed by atoms with Gasteiger partial charge in [-0.15, -0.1) is 0 Å². The summed E-state index contributed by atoms with van der Waals surface area (Å²) in [5.74, 6) is 1.09. The zero-order valence-electron chi connectivity index (χ0n) is 13.4. The monoisotopic (exact) mass is 418 g/mol. The van der Waals surface area contributed by atoms with Crippen LogP contribution < -0.4 is 0 Å². The first kappa shape index (κ1) is 17.7. The van der Waals surface area contributed by atoms with E-state index in [4.69, 9.17) is 14.2 Å². The van der Waals surface area contributed by atoms with Crippen molar-refractivity contribution in [1.82, 2.24) is 0 Å². The molecule has 122 valence electrons.